The van der Waals surface area contributed by atoms with Crippen LogP contribution in [0, 0.1) is 0 Å². The van der Waals surface area contributed by atoms with E-state index in [0.717, 1.165) is 11.1 Å². The third kappa shape index (κ3) is 1.90. The maximum absolute atomic E-state index is 11.6. The van der Waals surface area contributed by atoms with E-state index < -0.39 is 5.97 Å². The molecule has 1 aromatic carbocycles. The lowest BCUT2D eigenvalue weighted by Gasteiger charge is -2.14. The number of hydrogen-bond donors (Lipinski definition) is 0. The minimum absolute atomic E-state index is 0.125. The Bertz CT molecular complexity index is 564. The molecule has 17 heavy (non-hydrogen) atoms. The van der Waals surface area contributed by atoms with Crippen molar-refractivity contribution in [3.8, 4) is 0 Å². The van der Waals surface area contributed by atoms with Gasteiger partial charge in [-0.2, -0.15) is 0 Å². The Morgan fingerprint density at radius 2 is 2.06 bits per heavy atom. The summed E-state index contributed by atoms with van der Waals surface area (Å²) >= 11 is 0. The number of carbonyl (C=O) groups excluding carboxylic acids is 1. The summed E-state index contributed by atoms with van der Waals surface area (Å²) in [5.74, 6) is -0.410. The molecule has 0 spiro atoms. The Morgan fingerprint density at radius 3 is 2.65 bits per heavy atom. The Labute approximate surface area is 99.5 Å². The van der Waals surface area contributed by atoms with E-state index >= 15 is 0 Å². The number of hydrogen-bond acceptors (Lipinski definition) is 4. The monoisotopic (exact) mass is 233 g/mol. The first-order chi connectivity index (χ1) is 7.95. The molecule has 0 amide bonds. The van der Waals surface area contributed by atoms with Gasteiger partial charge < -0.3 is 9.26 Å². The maximum Gasteiger partial charge on any atom is 0.341 e. The lowest BCUT2D eigenvalue weighted by Crippen LogP contribution is -2.11. The molecule has 2 rings (SSSR count). The van der Waals surface area contributed by atoms with Crippen LogP contribution in [0.2, 0.25) is 0 Å². The third-order valence-electron chi connectivity index (χ3n) is 2.61. The van der Waals surface area contributed by atoms with Crippen LogP contribution in [0.4, 0.5) is 0 Å². The van der Waals surface area contributed by atoms with Gasteiger partial charge in [0.2, 0.25) is 0 Å². The summed E-state index contributed by atoms with van der Waals surface area (Å²) in [5.41, 5.74) is 1.62. The zero-order valence-electron chi connectivity index (χ0n) is 10.4. The summed E-state index contributed by atoms with van der Waals surface area (Å²) in [6.45, 7) is 6.15. The van der Waals surface area contributed by atoms with Gasteiger partial charge in [-0.05, 0) is 12.1 Å². The topological polar surface area (TPSA) is 52.3 Å². The van der Waals surface area contributed by atoms with Crippen LogP contribution in [0.3, 0.4) is 0 Å². The number of para-hydroxylation sites is 1. The molecule has 0 aliphatic heterocycles. The van der Waals surface area contributed by atoms with Crippen molar-refractivity contribution < 1.29 is 14.1 Å². The number of nitrogens with zero attached hydrogens (tertiary/aromatic N) is 1. The molecule has 4 heteroatoms. The van der Waals surface area contributed by atoms with Crippen LogP contribution in [0.1, 0.15) is 36.8 Å². The predicted molar refractivity (Wildman–Crippen MR) is 64.0 cm³/mol. The molecule has 0 N–H and O–H groups in total. The molecule has 0 fully saturated rings. The SMILES string of the molecule is COC(=O)c1cccc2c(C(C)(C)C)noc12. The van der Waals surface area contributed by atoms with Crippen LogP contribution in [0.5, 0.6) is 0 Å². The number of rotatable bonds is 1. The summed E-state index contributed by atoms with van der Waals surface area (Å²) in [6.07, 6.45) is 0. The van der Waals surface area contributed by atoms with Gasteiger partial charge in [0.1, 0.15) is 5.56 Å². The van der Waals surface area contributed by atoms with Crippen LogP contribution in [-0.2, 0) is 10.2 Å². The number of aromatic nitrogens is 1. The first-order valence-corrected chi connectivity index (χ1v) is 5.42. The molecule has 0 aliphatic carbocycles. The van der Waals surface area contributed by atoms with Gasteiger partial charge in [-0.25, -0.2) is 4.79 Å². The van der Waals surface area contributed by atoms with Crippen molar-refractivity contribution in [1.29, 1.82) is 0 Å². The van der Waals surface area contributed by atoms with Gasteiger partial charge in [0.25, 0.3) is 0 Å². The lowest BCUT2D eigenvalue weighted by molar-refractivity contribution is 0.0601. The highest BCUT2D eigenvalue weighted by Crippen LogP contribution is 2.30. The van der Waals surface area contributed by atoms with Crippen molar-refractivity contribution in [1.82, 2.24) is 5.16 Å². The molecule has 0 saturated heterocycles. The highest BCUT2D eigenvalue weighted by Gasteiger charge is 2.24. The second kappa shape index (κ2) is 3.87. The normalized spacial score (nSPS) is 11.8. The smallest absolute Gasteiger partial charge is 0.341 e. The molecule has 4 nitrogen and oxygen atoms in total. The van der Waals surface area contributed by atoms with E-state index in [1.54, 1.807) is 12.1 Å². The van der Waals surface area contributed by atoms with Crippen molar-refractivity contribution in [2.45, 2.75) is 26.2 Å². The molecule has 0 atom stereocenters. The molecule has 0 unspecified atom stereocenters. The zero-order valence-corrected chi connectivity index (χ0v) is 10.4. The van der Waals surface area contributed by atoms with E-state index in [-0.39, 0.29) is 5.41 Å². The fourth-order valence-electron chi connectivity index (χ4n) is 1.77. The number of benzene rings is 1. The van der Waals surface area contributed by atoms with E-state index in [0.29, 0.717) is 11.1 Å². The van der Waals surface area contributed by atoms with Crippen LogP contribution in [-0.4, -0.2) is 18.2 Å². The molecule has 1 heterocycles. The molecular formula is C13H15NO3. The van der Waals surface area contributed by atoms with Crippen LogP contribution >= 0.6 is 0 Å². The van der Waals surface area contributed by atoms with Crippen molar-refractivity contribution in [2.24, 2.45) is 0 Å². The number of esters is 1. The molecule has 90 valence electrons. The summed E-state index contributed by atoms with van der Waals surface area (Å²) < 4.78 is 9.99. The first kappa shape index (κ1) is 11.6. The second-order valence-electron chi connectivity index (χ2n) is 4.96. The average molecular weight is 233 g/mol. The van der Waals surface area contributed by atoms with Gasteiger partial charge in [0.15, 0.2) is 5.58 Å². The van der Waals surface area contributed by atoms with Gasteiger partial charge >= 0.3 is 5.97 Å². The van der Waals surface area contributed by atoms with Crippen LogP contribution in [0.25, 0.3) is 11.0 Å². The minimum atomic E-state index is -0.410. The number of methoxy groups -OCH3 is 1. The quantitative estimate of drug-likeness (QED) is 0.710. The van der Waals surface area contributed by atoms with Gasteiger partial charge in [-0.3, -0.25) is 0 Å². The molecular weight excluding hydrogens is 218 g/mol. The van der Waals surface area contributed by atoms with Crippen molar-refractivity contribution >= 4 is 16.9 Å². The van der Waals surface area contributed by atoms with Crippen molar-refractivity contribution in [3.63, 3.8) is 0 Å². The molecule has 1 aromatic heterocycles. The predicted octanol–water partition coefficient (Wildman–Crippen LogP) is 2.91. The molecule has 0 radical (unpaired) electrons. The largest absolute Gasteiger partial charge is 0.465 e. The Kier molecular flexibility index (Phi) is 2.65. The van der Waals surface area contributed by atoms with Gasteiger partial charge in [0, 0.05) is 10.8 Å². The van der Waals surface area contributed by atoms with Gasteiger partial charge in [0.05, 0.1) is 12.8 Å². The molecule has 0 aliphatic rings. The Balaban J connectivity index is 2.69. The standard InChI is InChI=1S/C13H15NO3/c1-13(2,3)11-8-6-5-7-9(12(15)16-4)10(8)17-14-11/h5-7H,1-4H3. The average Bonchev–Trinajstić information content (AvgIpc) is 2.70. The Hall–Kier alpha value is -1.84. The fourth-order valence-corrected chi connectivity index (χ4v) is 1.77. The molecule has 2 aromatic rings. The van der Waals surface area contributed by atoms with E-state index in [1.165, 1.54) is 7.11 Å². The number of carbonyl (C=O) groups is 1. The highest BCUT2D eigenvalue weighted by atomic mass is 16.5. The van der Waals surface area contributed by atoms with Crippen LogP contribution in [0.15, 0.2) is 22.7 Å². The van der Waals surface area contributed by atoms with E-state index in [1.807, 2.05) is 6.07 Å². The first-order valence-electron chi connectivity index (χ1n) is 5.42. The van der Waals surface area contributed by atoms with E-state index in [9.17, 15) is 4.79 Å². The van der Waals surface area contributed by atoms with Crippen molar-refractivity contribution in [3.05, 3.63) is 29.5 Å². The number of fused-ring (bicyclic) bond motifs is 1. The zero-order chi connectivity index (χ0) is 12.6. The van der Waals surface area contributed by atoms with Crippen LogP contribution < -0.4 is 0 Å². The minimum Gasteiger partial charge on any atom is -0.465 e. The van der Waals surface area contributed by atoms with Gasteiger partial charge in [-0.1, -0.05) is 32.0 Å². The van der Waals surface area contributed by atoms with E-state index in [2.05, 4.69) is 25.9 Å². The third-order valence-corrected chi connectivity index (χ3v) is 2.61. The summed E-state index contributed by atoms with van der Waals surface area (Å²) in [4.78, 5) is 11.6. The summed E-state index contributed by atoms with van der Waals surface area (Å²) in [5, 5.41) is 4.92. The maximum atomic E-state index is 11.6. The fraction of sp³-hybridized carbons (Fsp3) is 0.385. The molecule has 0 bridgehead atoms. The van der Waals surface area contributed by atoms with Gasteiger partial charge in [-0.15, -0.1) is 0 Å². The number of ether oxygens (including phenoxy) is 1. The van der Waals surface area contributed by atoms with E-state index in [4.69, 9.17) is 9.26 Å². The lowest BCUT2D eigenvalue weighted by atomic mass is 9.89. The summed E-state index contributed by atoms with van der Waals surface area (Å²) in [7, 11) is 1.35. The Morgan fingerprint density at radius 1 is 1.35 bits per heavy atom. The summed E-state index contributed by atoms with van der Waals surface area (Å²) in [6, 6.07) is 5.38. The second-order valence-corrected chi connectivity index (χ2v) is 4.96. The molecule has 0 saturated carbocycles. The highest BCUT2D eigenvalue weighted by molar-refractivity contribution is 6.02. The van der Waals surface area contributed by atoms with Crippen molar-refractivity contribution in [2.75, 3.05) is 7.11 Å².